The first-order valence-corrected chi connectivity index (χ1v) is 11.6. The third-order valence-corrected chi connectivity index (χ3v) is 7.07. The van der Waals surface area contributed by atoms with Crippen LogP contribution < -0.4 is 4.31 Å². The molecule has 0 unspecified atom stereocenters. The Bertz CT molecular complexity index is 1340. The molecule has 1 heterocycles. The molecule has 3 aromatic rings. The molecule has 0 aliphatic heterocycles. The van der Waals surface area contributed by atoms with Crippen LogP contribution in [0.5, 0.6) is 0 Å². The Labute approximate surface area is 197 Å². The van der Waals surface area contributed by atoms with E-state index in [4.69, 9.17) is 9.47 Å². The van der Waals surface area contributed by atoms with Crippen molar-refractivity contribution in [2.24, 2.45) is 0 Å². The van der Waals surface area contributed by atoms with Gasteiger partial charge in [0.2, 0.25) is 5.78 Å². The summed E-state index contributed by atoms with van der Waals surface area (Å²) in [5, 5.41) is 0. The van der Waals surface area contributed by atoms with Gasteiger partial charge in [0.1, 0.15) is 0 Å². The lowest BCUT2D eigenvalue weighted by molar-refractivity contribution is 0.0472. The highest BCUT2D eigenvalue weighted by Crippen LogP contribution is 2.23. The lowest BCUT2D eigenvalue weighted by Crippen LogP contribution is -2.26. The lowest BCUT2D eigenvalue weighted by atomic mass is 10.1. The van der Waals surface area contributed by atoms with Crippen LogP contribution in [0.4, 0.5) is 5.69 Å². The monoisotopic (exact) mass is 484 g/mol. The standard InChI is InChI=1S/C24H24N2O7S/c1-15-21(24(29)32-4)16(2)25-22(15)20(27)14-33-23(28)17-9-8-12-19(13-17)34(30,31)26(3)18-10-6-5-7-11-18/h5-13,25H,14H2,1-4H3. The van der Waals surface area contributed by atoms with Gasteiger partial charge < -0.3 is 14.5 Å². The normalized spacial score (nSPS) is 11.1. The van der Waals surface area contributed by atoms with Gasteiger partial charge in [-0.05, 0) is 49.7 Å². The molecule has 9 nitrogen and oxygen atoms in total. The number of hydrogen-bond acceptors (Lipinski definition) is 7. The fraction of sp³-hybridized carbons (Fsp3) is 0.208. The maximum atomic E-state index is 13.0. The summed E-state index contributed by atoms with van der Waals surface area (Å²) >= 11 is 0. The van der Waals surface area contributed by atoms with E-state index in [-0.39, 0.29) is 21.7 Å². The van der Waals surface area contributed by atoms with Gasteiger partial charge in [0.15, 0.2) is 6.61 Å². The number of benzene rings is 2. The van der Waals surface area contributed by atoms with Gasteiger partial charge in [-0.1, -0.05) is 24.3 Å². The quantitative estimate of drug-likeness (QED) is 0.384. The molecule has 0 atom stereocenters. The number of rotatable bonds is 8. The third kappa shape index (κ3) is 4.86. The zero-order chi connectivity index (χ0) is 25.0. The van der Waals surface area contributed by atoms with E-state index in [1.165, 1.54) is 38.4 Å². The summed E-state index contributed by atoms with van der Waals surface area (Å²) in [5.74, 6) is -1.99. The van der Waals surface area contributed by atoms with E-state index < -0.39 is 34.4 Å². The molecule has 34 heavy (non-hydrogen) atoms. The number of sulfonamides is 1. The third-order valence-electron chi connectivity index (χ3n) is 5.29. The van der Waals surface area contributed by atoms with Crippen LogP contribution >= 0.6 is 0 Å². The second-order valence-electron chi connectivity index (χ2n) is 7.45. The van der Waals surface area contributed by atoms with Crippen molar-refractivity contribution >= 4 is 33.4 Å². The first-order chi connectivity index (χ1) is 16.1. The van der Waals surface area contributed by atoms with Gasteiger partial charge >= 0.3 is 11.9 Å². The van der Waals surface area contributed by atoms with Crippen molar-refractivity contribution in [2.75, 3.05) is 25.1 Å². The van der Waals surface area contributed by atoms with Gasteiger partial charge in [-0.15, -0.1) is 0 Å². The minimum absolute atomic E-state index is 0.0232. The first kappa shape index (κ1) is 24.7. The molecule has 0 radical (unpaired) electrons. The van der Waals surface area contributed by atoms with E-state index in [0.717, 1.165) is 4.31 Å². The van der Waals surface area contributed by atoms with Crippen molar-refractivity contribution in [3.63, 3.8) is 0 Å². The van der Waals surface area contributed by atoms with Crippen LogP contribution in [0, 0.1) is 13.8 Å². The number of hydrogen-bond donors (Lipinski definition) is 1. The van der Waals surface area contributed by atoms with Crippen LogP contribution in [0.25, 0.3) is 0 Å². The van der Waals surface area contributed by atoms with Crippen LogP contribution in [0.3, 0.4) is 0 Å². The molecule has 0 aliphatic carbocycles. The van der Waals surface area contributed by atoms with E-state index in [1.54, 1.807) is 44.2 Å². The fourth-order valence-electron chi connectivity index (χ4n) is 3.44. The Morgan fingerprint density at radius 3 is 2.29 bits per heavy atom. The molecule has 0 amide bonds. The molecular formula is C24H24N2O7S. The topological polar surface area (TPSA) is 123 Å². The number of carbonyl (C=O) groups is 3. The summed E-state index contributed by atoms with van der Waals surface area (Å²) in [4.78, 5) is 39.8. The molecule has 0 saturated carbocycles. The minimum atomic E-state index is -3.93. The van der Waals surface area contributed by atoms with E-state index in [1.807, 2.05) is 0 Å². The molecule has 1 aromatic heterocycles. The van der Waals surface area contributed by atoms with E-state index in [9.17, 15) is 22.8 Å². The predicted octanol–water partition coefficient (Wildman–Crippen LogP) is 3.28. The van der Waals surface area contributed by atoms with Gasteiger partial charge in [0.05, 0.1) is 34.5 Å². The van der Waals surface area contributed by atoms with Crippen LogP contribution in [0.1, 0.15) is 42.5 Å². The highest BCUT2D eigenvalue weighted by molar-refractivity contribution is 7.92. The van der Waals surface area contributed by atoms with Gasteiger partial charge in [-0.25, -0.2) is 18.0 Å². The molecule has 3 rings (SSSR count). The second kappa shape index (κ2) is 9.92. The molecule has 0 fully saturated rings. The summed E-state index contributed by atoms with van der Waals surface area (Å²) in [6.45, 7) is 2.62. The van der Waals surface area contributed by atoms with Crippen molar-refractivity contribution in [3.05, 3.63) is 82.7 Å². The van der Waals surface area contributed by atoms with Crippen molar-refractivity contribution in [1.29, 1.82) is 0 Å². The average Bonchev–Trinajstić information content (AvgIpc) is 3.15. The minimum Gasteiger partial charge on any atom is -0.465 e. The number of para-hydroxylation sites is 1. The molecule has 0 aliphatic rings. The number of methoxy groups -OCH3 is 1. The summed E-state index contributed by atoms with van der Waals surface area (Å²) in [6, 6.07) is 13.9. The number of carbonyl (C=O) groups excluding carboxylic acids is 3. The average molecular weight is 485 g/mol. The van der Waals surface area contributed by atoms with Crippen LogP contribution in [-0.4, -0.2) is 51.9 Å². The summed E-state index contributed by atoms with van der Waals surface area (Å²) < 4.78 is 36.9. The number of anilines is 1. The second-order valence-corrected chi connectivity index (χ2v) is 9.42. The number of nitrogens with zero attached hydrogens (tertiary/aromatic N) is 1. The number of aryl methyl sites for hydroxylation is 1. The van der Waals surface area contributed by atoms with Crippen molar-refractivity contribution in [2.45, 2.75) is 18.7 Å². The molecule has 10 heteroatoms. The zero-order valence-corrected chi connectivity index (χ0v) is 19.9. The van der Waals surface area contributed by atoms with Crippen LogP contribution in [0.2, 0.25) is 0 Å². The maximum Gasteiger partial charge on any atom is 0.339 e. The summed E-state index contributed by atoms with van der Waals surface area (Å²) in [5.41, 5.74) is 1.67. The molecule has 2 aromatic carbocycles. The molecule has 0 saturated heterocycles. The zero-order valence-electron chi connectivity index (χ0n) is 19.1. The number of ether oxygens (including phenoxy) is 2. The number of aromatic nitrogens is 1. The van der Waals surface area contributed by atoms with Gasteiger partial charge in [0, 0.05) is 12.7 Å². The first-order valence-electron chi connectivity index (χ1n) is 10.2. The highest BCUT2D eigenvalue weighted by atomic mass is 32.2. The number of Topliss-reactive ketones (excluding diaryl/α,β-unsaturated/α-hetero) is 1. The smallest absolute Gasteiger partial charge is 0.339 e. The Morgan fingerprint density at radius 2 is 1.65 bits per heavy atom. The predicted molar refractivity (Wildman–Crippen MR) is 125 cm³/mol. The number of ketones is 1. The Kier molecular flexibility index (Phi) is 7.21. The number of esters is 2. The van der Waals surface area contributed by atoms with Crippen molar-refractivity contribution in [3.8, 4) is 0 Å². The number of aromatic amines is 1. The Hall–Kier alpha value is -3.92. The molecule has 1 N–H and O–H groups in total. The van der Waals surface area contributed by atoms with Gasteiger partial charge in [-0.2, -0.15) is 0 Å². The Morgan fingerprint density at radius 1 is 0.971 bits per heavy atom. The maximum absolute atomic E-state index is 13.0. The van der Waals surface area contributed by atoms with E-state index >= 15 is 0 Å². The molecular weight excluding hydrogens is 460 g/mol. The summed E-state index contributed by atoms with van der Waals surface area (Å²) in [6.07, 6.45) is 0. The largest absolute Gasteiger partial charge is 0.465 e. The van der Waals surface area contributed by atoms with Crippen LogP contribution in [-0.2, 0) is 19.5 Å². The molecule has 0 spiro atoms. The lowest BCUT2D eigenvalue weighted by Gasteiger charge is -2.19. The molecule has 0 bridgehead atoms. The van der Waals surface area contributed by atoms with Crippen molar-refractivity contribution in [1.82, 2.24) is 4.98 Å². The van der Waals surface area contributed by atoms with Gasteiger partial charge in [0.25, 0.3) is 10.0 Å². The number of H-pyrrole nitrogens is 1. The Balaban J connectivity index is 1.75. The summed E-state index contributed by atoms with van der Waals surface area (Å²) in [7, 11) is -1.28. The molecule has 178 valence electrons. The number of nitrogens with one attached hydrogen (secondary N) is 1. The van der Waals surface area contributed by atoms with E-state index in [0.29, 0.717) is 16.9 Å². The van der Waals surface area contributed by atoms with Crippen molar-refractivity contribution < 1.29 is 32.3 Å². The van der Waals surface area contributed by atoms with Gasteiger partial charge in [-0.3, -0.25) is 9.10 Å². The SMILES string of the molecule is COC(=O)c1c(C)[nH]c(C(=O)COC(=O)c2cccc(S(=O)(=O)N(C)c3ccccc3)c2)c1C. The highest BCUT2D eigenvalue weighted by Gasteiger charge is 2.25. The fourth-order valence-corrected chi connectivity index (χ4v) is 4.68. The van der Waals surface area contributed by atoms with E-state index in [2.05, 4.69) is 4.98 Å². The van der Waals surface area contributed by atoms with Crippen LogP contribution in [0.15, 0.2) is 59.5 Å².